The average molecular weight is 295 g/mol. The summed E-state index contributed by atoms with van der Waals surface area (Å²) in [5.74, 6) is -0.382. The molecule has 0 saturated heterocycles. The maximum Gasteiger partial charge on any atom is 0.338 e. The van der Waals surface area contributed by atoms with E-state index in [0.29, 0.717) is 17.7 Å². The van der Waals surface area contributed by atoms with Gasteiger partial charge in [0.1, 0.15) is 5.60 Å². The number of methoxy groups -OCH3 is 1. The zero-order valence-corrected chi connectivity index (χ0v) is 12.5. The molecule has 0 amide bonds. The average Bonchev–Trinajstić information content (AvgIpc) is 2.99. The summed E-state index contributed by atoms with van der Waals surface area (Å²) >= 11 is 0. The molecule has 0 spiro atoms. The molecule has 2 aromatic rings. The molecule has 4 nitrogen and oxygen atoms in total. The molecule has 1 aliphatic rings. The summed E-state index contributed by atoms with van der Waals surface area (Å²) in [4.78, 5) is 16.2. The summed E-state index contributed by atoms with van der Waals surface area (Å²) in [7, 11) is 1.36. The van der Waals surface area contributed by atoms with Gasteiger partial charge in [0.15, 0.2) is 0 Å². The Kier molecular flexibility index (Phi) is 3.54. The van der Waals surface area contributed by atoms with E-state index in [1.165, 1.54) is 7.11 Å². The topological polar surface area (TPSA) is 59.4 Å². The number of aliphatic hydroxyl groups is 1. The predicted octanol–water partition coefficient (Wildman–Crippen LogP) is 2.72. The van der Waals surface area contributed by atoms with E-state index in [2.05, 4.69) is 4.98 Å². The standard InChI is InChI=1S/C18H17NO3/c1-18(21,12-6-4-3-5-7-12)13-10-15-14(17(20)22-2)8-9-19-16(15)11-13/h3-9,11,21H,10H2,1-2H3. The van der Waals surface area contributed by atoms with Crippen molar-refractivity contribution in [3.8, 4) is 0 Å². The second-order valence-corrected chi connectivity index (χ2v) is 5.50. The van der Waals surface area contributed by atoms with Crippen molar-refractivity contribution in [1.82, 2.24) is 4.98 Å². The van der Waals surface area contributed by atoms with Crippen LogP contribution in [0.4, 0.5) is 0 Å². The zero-order valence-electron chi connectivity index (χ0n) is 12.5. The van der Waals surface area contributed by atoms with E-state index in [-0.39, 0.29) is 5.97 Å². The third-order valence-corrected chi connectivity index (χ3v) is 4.13. The Bertz CT molecular complexity index is 748. The van der Waals surface area contributed by atoms with E-state index in [4.69, 9.17) is 4.74 Å². The molecule has 0 fully saturated rings. The van der Waals surface area contributed by atoms with Gasteiger partial charge in [-0.1, -0.05) is 30.3 Å². The molecule has 3 rings (SSSR count). The number of ether oxygens (including phenoxy) is 1. The van der Waals surface area contributed by atoms with Crippen LogP contribution in [0.15, 0.2) is 48.2 Å². The Labute approximate surface area is 129 Å². The van der Waals surface area contributed by atoms with Gasteiger partial charge in [-0.25, -0.2) is 4.79 Å². The fourth-order valence-corrected chi connectivity index (χ4v) is 2.79. The monoisotopic (exact) mass is 295 g/mol. The third kappa shape index (κ3) is 2.31. The summed E-state index contributed by atoms with van der Waals surface area (Å²) in [6.07, 6.45) is 3.92. The Balaban J connectivity index is 1.99. The zero-order chi connectivity index (χ0) is 15.7. The molecule has 1 heterocycles. The second-order valence-electron chi connectivity index (χ2n) is 5.50. The minimum atomic E-state index is -1.10. The van der Waals surface area contributed by atoms with E-state index in [1.54, 1.807) is 19.2 Å². The highest BCUT2D eigenvalue weighted by Gasteiger charge is 2.33. The number of carbonyl (C=O) groups is 1. The lowest BCUT2D eigenvalue weighted by atomic mass is 9.86. The highest BCUT2D eigenvalue weighted by Crippen LogP contribution is 2.38. The Morgan fingerprint density at radius 3 is 2.68 bits per heavy atom. The lowest BCUT2D eigenvalue weighted by molar-refractivity contribution is 0.0598. The maximum atomic E-state index is 11.9. The van der Waals surface area contributed by atoms with Gasteiger partial charge in [0.2, 0.25) is 0 Å². The number of fused-ring (bicyclic) bond motifs is 1. The van der Waals surface area contributed by atoms with Crippen LogP contribution >= 0.6 is 0 Å². The molecule has 1 unspecified atom stereocenters. The van der Waals surface area contributed by atoms with Crippen LogP contribution in [0.3, 0.4) is 0 Å². The molecule has 0 bridgehead atoms. The van der Waals surface area contributed by atoms with Crippen molar-refractivity contribution >= 4 is 12.0 Å². The third-order valence-electron chi connectivity index (χ3n) is 4.13. The highest BCUT2D eigenvalue weighted by atomic mass is 16.5. The van der Waals surface area contributed by atoms with Gasteiger partial charge in [-0.3, -0.25) is 4.98 Å². The highest BCUT2D eigenvalue weighted by molar-refractivity contribution is 5.92. The summed E-state index contributed by atoms with van der Waals surface area (Å²) in [6, 6.07) is 11.1. The maximum absolute atomic E-state index is 11.9. The molecule has 0 saturated carbocycles. The summed E-state index contributed by atoms with van der Waals surface area (Å²) in [5, 5.41) is 10.9. The van der Waals surface area contributed by atoms with Gasteiger partial charge in [-0.2, -0.15) is 0 Å². The van der Waals surface area contributed by atoms with E-state index in [9.17, 15) is 9.90 Å². The van der Waals surface area contributed by atoms with Crippen LogP contribution in [-0.2, 0) is 16.8 Å². The smallest absolute Gasteiger partial charge is 0.338 e. The molecule has 1 aromatic heterocycles. The SMILES string of the molecule is COC(=O)c1ccnc2c1CC(C(C)(O)c1ccccc1)=C2. The molecule has 1 N–H and O–H groups in total. The van der Waals surface area contributed by atoms with Crippen LogP contribution in [0.2, 0.25) is 0 Å². The Morgan fingerprint density at radius 2 is 2.00 bits per heavy atom. The summed E-state index contributed by atoms with van der Waals surface area (Å²) in [6.45, 7) is 1.76. The first kappa shape index (κ1) is 14.5. The largest absolute Gasteiger partial charge is 0.465 e. The van der Waals surface area contributed by atoms with Crippen LogP contribution in [0.1, 0.15) is 34.1 Å². The minimum absolute atomic E-state index is 0.382. The van der Waals surface area contributed by atoms with E-state index in [1.807, 2.05) is 36.4 Å². The van der Waals surface area contributed by atoms with Gasteiger partial charge in [0.25, 0.3) is 0 Å². The van der Waals surface area contributed by atoms with E-state index < -0.39 is 5.60 Å². The molecule has 112 valence electrons. The minimum Gasteiger partial charge on any atom is -0.465 e. The normalized spacial score (nSPS) is 15.7. The quantitative estimate of drug-likeness (QED) is 0.885. The van der Waals surface area contributed by atoms with E-state index in [0.717, 1.165) is 16.7 Å². The number of rotatable bonds is 3. The molecule has 1 aromatic carbocycles. The van der Waals surface area contributed by atoms with Gasteiger partial charge in [0, 0.05) is 6.20 Å². The predicted molar refractivity (Wildman–Crippen MR) is 83.3 cm³/mol. The van der Waals surface area contributed by atoms with Crippen molar-refractivity contribution in [1.29, 1.82) is 0 Å². The molecule has 22 heavy (non-hydrogen) atoms. The molecule has 4 heteroatoms. The van der Waals surface area contributed by atoms with Crippen molar-refractivity contribution < 1.29 is 14.6 Å². The van der Waals surface area contributed by atoms with Gasteiger partial charge < -0.3 is 9.84 Å². The molecule has 1 aliphatic carbocycles. The first-order valence-corrected chi connectivity index (χ1v) is 7.09. The number of hydrogen-bond donors (Lipinski definition) is 1. The first-order valence-electron chi connectivity index (χ1n) is 7.09. The first-order chi connectivity index (χ1) is 10.5. The van der Waals surface area contributed by atoms with Crippen molar-refractivity contribution in [2.45, 2.75) is 18.9 Å². The second kappa shape index (κ2) is 5.39. The van der Waals surface area contributed by atoms with Crippen LogP contribution in [0.5, 0.6) is 0 Å². The van der Waals surface area contributed by atoms with E-state index >= 15 is 0 Å². The van der Waals surface area contributed by atoms with Gasteiger partial charge in [-0.15, -0.1) is 0 Å². The Hall–Kier alpha value is -2.46. The number of esters is 1. The molecular formula is C18H17NO3. The summed E-state index contributed by atoms with van der Waals surface area (Å²) in [5.41, 5.74) is 2.55. The van der Waals surface area contributed by atoms with Crippen LogP contribution < -0.4 is 0 Å². The van der Waals surface area contributed by atoms with Crippen LogP contribution in [0.25, 0.3) is 6.08 Å². The fourth-order valence-electron chi connectivity index (χ4n) is 2.79. The van der Waals surface area contributed by atoms with Crippen LogP contribution in [0, 0.1) is 0 Å². The van der Waals surface area contributed by atoms with Crippen molar-refractivity contribution in [3.63, 3.8) is 0 Å². The van der Waals surface area contributed by atoms with Crippen LogP contribution in [-0.4, -0.2) is 23.2 Å². The molecule has 0 aliphatic heterocycles. The lowest BCUT2D eigenvalue weighted by Gasteiger charge is -2.25. The van der Waals surface area contributed by atoms with Gasteiger partial charge >= 0.3 is 5.97 Å². The van der Waals surface area contributed by atoms with Gasteiger partial charge in [-0.05, 0) is 42.2 Å². The number of nitrogens with zero attached hydrogens (tertiary/aromatic N) is 1. The number of aromatic nitrogens is 1. The Morgan fingerprint density at radius 1 is 1.27 bits per heavy atom. The fraction of sp³-hybridized carbons (Fsp3) is 0.222. The van der Waals surface area contributed by atoms with Crippen molar-refractivity contribution in [2.24, 2.45) is 0 Å². The molecular weight excluding hydrogens is 278 g/mol. The summed E-state index contributed by atoms with van der Waals surface area (Å²) < 4.78 is 4.81. The number of pyridine rings is 1. The number of hydrogen-bond acceptors (Lipinski definition) is 4. The number of benzene rings is 1. The van der Waals surface area contributed by atoms with Crippen molar-refractivity contribution in [2.75, 3.05) is 7.11 Å². The lowest BCUT2D eigenvalue weighted by Crippen LogP contribution is -2.24. The van der Waals surface area contributed by atoms with Gasteiger partial charge in [0.05, 0.1) is 18.4 Å². The molecule has 0 radical (unpaired) electrons. The number of carbonyl (C=O) groups excluding carboxylic acids is 1. The van der Waals surface area contributed by atoms with Crippen molar-refractivity contribution in [3.05, 3.63) is 70.6 Å². The molecule has 1 atom stereocenters.